The summed E-state index contributed by atoms with van der Waals surface area (Å²) in [6, 6.07) is 9.67. The number of hydrogen-bond acceptors (Lipinski definition) is 2. The molecule has 0 atom stereocenters. The van der Waals surface area contributed by atoms with Crippen molar-refractivity contribution < 1.29 is 9.90 Å². The van der Waals surface area contributed by atoms with Gasteiger partial charge in [0, 0.05) is 24.1 Å². The molecule has 0 aliphatic heterocycles. The van der Waals surface area contributed by atoms with Gasteiger partial charge in [-0.1, -0.05) is 31.4 Å². The molecule has 1 aromatic carbocycles. The first-order valence-electron chi connectivity index (χ1n) is 9.35. The number of aromatic carboxylic acids is 1. The molecule has 2 heterocycles. The van der Waals surface area contributed by atoms with Crippen LogP contribution >= 0.6 is 0 Å². The highest BCUT2D eigenvalue weighted by atomic mass is 16.4. The lowest BCUT2D eigenvalue weighted by molar-refractivity contribution is 0.0697. The van der Waals surface area contributed by atoms with Crippen LogP contribution in [0.3, 0.4) is 0 Å². The van der Waals surface area contributed by atoms with Gasteiger partial charge < -0.3 is 9.67 Å². The van der Waals surface area contributed by atoms with Gasteiger partial charge in [-0.05, 0) is 55.0 Å². The molecular formula is C22H24N2O2. The first-order valence-corrected chi connectivity index (χ1v) is 9.35. The van der Waals surface area contributed by atoms with Gasteiger partial charge in [0.15, 0.2) is 0 Å². The molecule has 2 aromatic heterocycles. The van der Waals surface area contributed by atoms with E-state index >= 15 is 0 Å². The summed E-state index contributed by atoms with van der Waals surface area (Å²) in [5.74, 6) is -0.372. The normalized spacial score (nSPS) is 15.5. The molecule has 26 heavy (non-hydrogen) atoms. The second-order valence-electron chi connectivity index (χ2n) is 7.41. The average Bonchev–Trinajstić information content (AvgIpc) is 2.95. The number of carboxylic acid groups (broad SMARTS) is 1. The molecule has 0 bridgehead atoms. The number of pyridine rings is 1. The number of carboxylic acids is 1. The van der Waals surface area contributed by atoms with Crippen LogP contribution in [0.25, 0.3) is 22.3 Å². The van der Waals surface area contributed by atoms with E-state index in [9.17, 15) is 9.90 Å². The number of benzene rings is 1. The smallest absolute Gasteiger partial charge is 0.335 e. The monoisotopic (exact) mass is 348 g/mol. The number of aryl methyl sites for hydroxylation is 2. The maximum atomic E-state index is 11.4. The SMILES string of the molecule is Cc1ccc(-c2c(C3CCCCC3)c3ccc(C(=O)O)cc3n2C)nc1. The highest BCUT2D eigenvalue weighted by Crippen LogP contribution is 2.43. The van der Waals surface area contributed by atoms with E-state index in [4.69, 9.17) is 0 Å². The number of rotatable bonds is 3. The van der Waals surface area contributed by atoms with Crippen molar-refractivity contribution in [3.63, 3.8) is 0 Å². The fourth-order valence-electron chi connectivity index (χ4n) is 4.32. The summed E-state index contributed by atoms with van der Waals surface area (Å²) in [5, 5.41) is 10.6. The standard InChI is InChI=1S/C22H24N2O2/c1-14-8-11-18(23-13-14)21-20(15-6-4-3-5-7-15)17-10-9-16(22(25)26)12-19(17)24(21)2/h8-13,15H,3-7H2,1-2H3,(H,25,26). The maximum absolute atomic E-state index is 11.4. The lowest BCUT2D eigenvalue weighted by Gasteiger charge is -2.23. The predicted octanol–water partition coefficient (Wildman–Crippen LogP) is 5.29. The van der Waals surface area contributed by atoms with Crippen molar-refractivity contribution in [3.8, 4) is 11.4 Å². The topological polar surface area (TPSA) is 55.1 Å². The Hall–Kier alpha value is -2.62. The second-order valence-corrected chi connectivity index (χ2v) is 7.41. The number of fused-ring (bicyclic) bond motifs is 1. The molecule has 0 unspecified atom stereocenters. The largest absolute Gasteiger partial charge is 0.478 e. The van der Waals surface area contributed by atoms with Gasteiger partial charge in [0.1, 0.15) is 0 Å². The summed E-state index contributed by atoms with van der Waals surface area (Å²) >= 11 is 0. The minimum atomic E-state index is -0.887. The van der Waals surface area contributed by atoms with Crippen molar-refractivity contribution in [3.05, 3.63) is 53.2 Å². The van der Waals surface area contributed by atoms with E-state index in [0.717, 1.165) is 22.5 Å². The lowest BCUT2D eigenvalue weighted by atomic mass is 9.82. The van der Waals surface area contributed by atoms with E-state index < -0.39 is 5.97 Å². The minimum Gasteiger partial charge on any atom is -0.478 e. The van der Waals surface area contributed by atoms with Crippen molar-refractivity contribution in [2.75, 3.05) is 0 Å². The molecule has 0 amide bonds. The number of hydrogen-bond donors (Lipinski definition) is 1. The number of nitrogens with zero attached hydrogens (tertiary/aromatic N) is 2. The van der Waals surface area contributed by atoms with Crippen LogP contribution in [-0.4, -0.2) is 20.6 Å². The van der Waals surface area contributed by atoms with Gasteiger partial charge in [-0.15, -0.1) is 0 Å². The Morgan fingerprint density at radius 2 is 1.92 bits per heavy atom. The third-order valence-corrected chi connectivity index (χ3v) is 5.65. The van der Waals surface area contributed by atoms with E-state index in [0.29, 0.717) is 11.5 Å². The Balaban J connectivity index is 1.99. The van der Waals surface area contributed by atoms with Gasteiger partial charge >= 0.3 is 5.97 Å². The summed E-state index contributed by atoms with van der Waals surface area (Å²) < 4.78 is 2.13. The molecule has 0 radical (unpaired) electrons. The molecule has 4 nitrogen and oxygen atoms in total. The Bertz CT molecular complexity index is 964. The van der Waals surface area contributed by atoms with Crippen LogP contribution in [0.2, 0.25) is 0 Å². The third-order valence-electron chi connectivity index (χ3n) is 5.65. The predicted molar refractivity (Wildman–Crippen MR) is 104 cm³/mol. The quantitative estimate of drug-likeness (QED) is 0.699. The summed E-state index contributed by atoms with van der Waals surface area (Å²) in [4.78, 5) is 16.1. The molecule has 0 spiro atoms. The van der Waals surface area contributed by atoms with Crippen LogP contribution in [0.1, 0.15) is 59.5 Å². The molecule has 1 N–H and O–H groups in total. The summed E-state index contributed by atoms with van der Waals surface area (Å²) in [6.45, 7) is 2.04. The highest BCUT2D eigenvalue weighted by molar-refractivity contribution is 5.97. The van der Waals surface area contributed by atoms with Crippen LogP contribution in [-0.2, 0) is 7.05 Å². The van der Waals surface area contributed by atoms with Crippen LogP contribution in [0.15, 0.2) is 36.5 Å². The zero-order valence-corrected chi connectivity index (χ0v) is 15.3. The van der Waals surface area contributed by atoms with Gasteiger partial charge in [0.2, 0.25) is 0 Å². The maximum Gasteiger partial charge on any atom is 0.335 e. The van der Waals surface area contributed by atoms with Crippen LogP contribution in [0.4, 0.5) is 0 Å². The fourth-order valence-corrected chi connectivity index (χ4v) is 4.32. The molecular weight excluding hydrogens is 324 g/mol. The van der Waals surface area contributed by atoms with Gasteiger partial charge in [0.05, 0.1) is 17.0 Å². The van der Waals surface area contributed by atoms with Crippen LogP contribution < -0.4 is 0 Å². The van der Waals surface area contributed by atoms with Crippen LogP contribution in [0.5, 0.6) is 0 Å². The lowest BCUT2D eigenvalue weighted by Crippen LogP contribution is -2.06. The molecule has 4 rings (SSSR count). The first kappa shape index (κ1) is 16.8. The fraction of sp³-hybridized carbons (Fsp3) is 0.364. The van der Waals surface area contributed by atoms with E-state index in [1.54, 1.807) is 12.1 Å². The highest BCUT2D eigenvalue weighted by Gasteiger charge is 2.26. The Morgan fingerprint density at radius 3 is 2.58 bits per heavy atom. The molecule has 1 aliphatic rings. The number of carbonyl (C=O) groups is 1. The van der Waals surface area contributed by atoms with Crippen molar-refractivity contribution in [2.24, 2.45) is 7.05 Å². The van der Waals surface area contributed by atoms with E-state index in [1.165, 1.54) is 43.1 Å². The zero-order valence-electron chi connectivity index (χ0n) is 15.3. The second kappa shape index (κ2) is 6.60. The summed E-state index contributed by atoms with van der Waals surface area (Å²) in [6.07, 6.45) is 8.12. The summed E-state index contributed by atoms with van der Waals surface area (Å²) in [7, 11) is 2.02. The number of aromatic nitrogens is 2. The zero-order chi connectivity index (χ0) is 18.3. The Kier molecular flexibility index (Phi) is 4.27. The molecule has 3 aromatic rings. The van der Waals surface area contributed by atoms with Crippen molar-refractivity contribution in [1.82, 2.24) is 9.55 Å². The average molecular weight is 348 g/mol. The van der Waals surface area contributed by atoms with Gasteiger partial charge in [-0.3, -0.25) is 4.98 Å². The Labute approximate surface area is 153 Å². The van der Waals surface area contributed by atoms with Crippen molar-refractivity contribution in [1.29, 1.82) is 0 Å². The Morgan fingerprint density at radius 1 is 1.15 bits per heavy atom. The third kappa shape index (κ3) is 2.79. The van der Waals surface area contributed by atoms with E-state index in [1.807, 2.05) is 26.2 Å². The molecule has 4 heteroatoms. The van der Waals surface area contributed by atoms with Gasteiger partial charge in [-0.2, -0.15) is 0 Å². The molecule has 1 aliphatic carbocycles. The van der Waals surface area contributed by atoms with Crippen molar-refractivity contribution >= 4 is 16.9 Å². The van der Waals surface area contributed by atoms with Crippen molar-refractivity contribution in [2.45, 2.75) is 44.9 Å². The van der Waals surface area contributed by atoms with Crippen LogP contribution in [0, 0.1) is 6.92 Å². The van der Waals surface area contributed by atoms with E-state index in [2.05, 4.69) is 21.7 Å². The summed E-state index contributed by atoms with van der Waals surface area (Å²) in [5.41, 5.74) is 5.89. The molecule has 0 saturated heterocycles. The van der Waals surface area contributed by atoms with Gasteiger partial charge in [-0.25, -0.2) is 4.79 Å². The minimum absolute atomic E-state index is 0.330. The molecule has 1 fully saturated rings. The first-order chi connectivity index (χ1) is 12.6. The molecule has 134 valence electrons. The molecule has 1 saturated carbocycles. The van der Waals surface area contributed by atoms with E-state index in [-0.39, 0.29) is 0 Å². The van der Waals surface area contributed by atoms with Gasteiger partial charge in [0.25, 0.3) is 0 Å².